The van der Waals surface area contributed by atoms with E-state index in [0.29, 0.717) is 6.54 Å². The molecule has 0 aliphatic heterocycles. The Morgan fingerprint density at radius 1 is 1.47 bits per heavy atom. The first-order valence-electron chi connectivity index (χ1n) is 6.05. The van der Waals surface area contributed by atoms with Crippen molar-refractivity contribution in [3.8, 4) is 0 Å². The molecule has 6 heteroatoms. The predicted octanol–water partition coefficient (Wildman–Crippen LogP) is 0.0416. The molecule has 1 aromatic heterocycles. The molecule has 0 aromatic carbocycles. The summed E-state index contributed by atoms with van der Waals surface area (Å²) in [4.78, 5) is 13.9. The molecule has 17 heavy (non-hydrogen) atoms. The van der Waals surface area contributed by atoms with Gasteiger partial charge in [-0.05, 0) is 12.8 Å². The van der Waals surface area contributed by atoms with E-state index in [1.807, 2.05) is 0 Å². The molecule has 0 bridgehead atoms. The van der Waals surface area contributed by atoms with Gasteiger partial charge in [-0.3, -0.25) is 4.79 Å². The second kappa shape index (κ2) is 5.77. The molecule has 0 unspecified atom stereocenters. The van der Waals surface area contributed by atoms with Crippen LogP contribution in [-0.2, 0) is 11.3 Å². The van der Waals surface area contributed by atoms with Crippen LogP contribution in [-0.4, -0.2) is 50.1 Å². The number of carbonyl (C=O) groups excluding carboxylic acids is 1. The Labute approximate surface area is 100 Å². The van der Waals surface area contributed by atoms with Gasteiger partial charge in [0.1, 0.15) is 6.54 Å². The maximum Gasteiger partial charge on any atom is 0.244 e. The number of hydrogen-bond donors (Lipinski definition) is 1. The Hall–Kier alpha value is -1.43. The molecule has 0 radical (unpaired) electrons. The molecule has 1 heterocycles. The number of carbonyl (C=O) groups is 1. The average molecular weight is 238 g/mol. The van der Waals surface area contributed by atoms with Crippen molar-refractivity contribution in [3.05, 3.63) is 12.4 Å². The van der Waals surface area contributed by atoms with E-state index in [1.54, 1.807) is 17.3 Å². The Morgan fingerprint density at radius 3 is 2.82 bits per heavy atom. The largest absolute Gasteiger partial charge is 0.395 e. The molecule has 1 saturated carbocycles. The lowest BCUT2D eigenvalue weighted by atomic mass is 10.2. The molecule has 1 aliphatic rings. The molecule has 6 nitrogen and oxygen atoms in total. The summed E-state index contributed by atoms with van der Waals surface area (Å²) in [5.74, 6) is 0.0106. The van der Waals surface area contributed by atoms with Gasteiger partial charge in [-0.2, -0.15) is 0 Å². The molecule has 0 saturated heterocycles. The predicted molar refractivity (Wildman–Crippen MR) is 61.1 cm³/mol. The first-order chi connectivity index (χ1) is 8.31. The van der Waals surface area contributed by atoms with Crippen molar-refractivity contribution in [1.29, 1.82) is 0 Å². The topological polar surface area (TPSA) is 71.2 Å². The minimum atomic E-state index is 0.0106. The molecule has 1 amide bonds. The number of aromatic nitrogens is 3. The fourth-order valence-corrected chi connectivity index (χ4v) is 2.38. The van der Waals surface area contributed by atoms with Gasteiger partial charge in [0.2, 0.25) is 5.91 Å². The van der Waals surface area contributed by atoms with E-state index in [-0.39, 0.29) is 25.1 Å². The second-order valence-corrected chi connectivity index (χ2v) is 4.35. The van der Waals surface area contributed by atoms with Crippen LogP contribution in [0.2, 0.25) is 0 Å². The number of aliphatic hydroxyl groups excluding tert-OH is 1. The highest BCUT2D eigenvalue weighted by Crippen LogP contribution is 2.23. The number of nitrogens with zero attached hydrogens (tertiary/aromatic N) is 4. The molecule has 1 fully saturated rings. The first-order valence-corrected chi connectivity index (χ1v) is 6.05. The monoisotopic (exact) mass is 238 g/mol. The van der Waals surface area contributed by atoms with Crippen molar-refractivity contribution in [2.45, 2.75) is 38.3 Å². The van der Waals surface area contributed by atoms with E-state index >= 15 is 0 Å². The molecule has 2 rings (SSSR count). The molecular weight excluding hydrogens is 220 g/mol. The summed E-state index contributed by atoms with van der Waals surface area (Å²) in [7, 11) is 0. The summed E-state index contributed by atoms with van der Waals surface area (Å²) in [5.41, 5.74) is 0. The number of aliphatic hydroxyl groups is 1. The van der Waals surface area contributed by atoms with Gasteiger partial charge in [-0.25, -0.2) is 4.68 Å². The first kappa shape index (κ1) is 12.0. The van der Waals surface area contributed by atoms with Gasteiger partial charge in [-0.1, -0.05) is 18.1 Å². The van der Waals surface area contributed by atoms with Crippen LogP contribution in [0.15, 0.2) is 12.4 Å². The molecule has 0 spiro atoms. The van der Waals surface area contributed by atoms with Crippen molar-refractivity contribution in [2.24, 2.45) is 0 Å². The smallest absolute Gasteiger partial charge is 0.244 e. The molecule has 0 atom stereocenters. The highest BCUT2D eigenvalue weighted by atomic mass is 16.3. The lowest BCUT2D eigenvalue weighted by Crippen LogP contribution is -2.42. The maximum atomic E-state index is 12.1. The lowest BCUT2D eigenvalue weighted by Gasteiger charge is -2.28. The van der Waals surface area contributed by atoms with Crippen LogP contribution in [0.25, 0.3) is 0 Å². The van der Waals surface area contributed by atoms with E-state index in [4.69, 9.17) is 5.11 Å². The van der Waals surface area contributed by atoms with E-state index in [1.165, 1.54) is 17.5 Å². The standard InChI is InChI=1S/C11H18N4O2/c16-8-7-15(10-3-1-2-4-10)11(17)9-14-6-5-12-13-14/h5-6,10,16H,1-4,7-9H2. The zero-order valence-electron chi connectivity index (χ0n) is 9.83. The Bertz CT molecular complexity index is 346. The molecule has 94 valence electrons. The third kappa shape index (κ3) is 3.03. The minimum Gasteiger partial charge on any atom is -0.395 e. The fourth-order valence-electron chi connectivity index (χ4n) is 2.38. The Kier molecular flexibility index (Phi) is 4.08. The van der Waals surface area contributed by atoms with Crippen LogP contribution in [0.4, 0.5) is 0 Å². The van der Waals surface area contributed by atoms with Gasteiger partial charge < -0.3 is 10.0 Å². The van der Waals surface area contributed by atoms with E-state index in [0.717, 1.165) is 12.8 Å². The van der Waals surface area contributed by atoms with Gasteiger partial charge in [0.15, 0.2) is 0 Å². The van der Waals surface area contributed by atoms with Crippen LogP contribution >= 0.6 is 0 Å². The lowest BCUT2D eigenvalue weighted by molar-refractivity contribution is -0.134. The maximum absolute atomic E-state index is 12.1. The van der Waals surface area contributed by atoms with E-state index < -0.39 is 0 Å². The quantitative estimate of drug-likeness (QED) is 0.786. The van der Waals surface area contributed by atoms with Gasteiger partial charge in [0.25, 0.3) is 0 Å². The van der Waals surface area contributed by atoms with Crippen molar-refractivity contribution >= 4 is 5.91 Å². The van der Waals surface area contributed by atoms with Crippen LogP contribution < -0.4 is 0 Å². The Morgan fingerprint density at radius 2 is 2.24 bits per heavy atom. The van der Waals surface area contributed by atoms with Crippen LogP contribution in [0.3, 0.4) is 0 Å². The zero-order chi connectivity index (χ0) is 12.1. The van der Waals surface area contributed by atoms with Crippen LogP contribution in [0.1, 0.15) is 25.7 Å². The van der Waals surface area contributed by atoms with Gasteiger partial charge in [0, 0.05) is 18.8 Å². The Balaban J connectivity index is 1.97. The number of amides is 1. The summed E-state index contributed by atoms with van der Waals surface area (Å²) >= 11 is 0. The van der Waals surface area contributed by atoms with Crippen molar-refractivity contribution in [3.63, 3.8) is 0 Å². The summed E-state index contributed by atoms with van der Waals surface area (Å²) in [6, 6.07) is 0.290. The molecule has 1 aliphatic carbocycles. The third-order valence-electron chi connectivity index (χ3n) is 3.20. The van der Waals surface area contributed by atoms with Crippen molar-refractivity contribution in [1.82, 2.24) is 19.9 Å². The fraction of sp³-hybridized carbons (Fsp3) is 0.727. The highest BCUT2D eigenvalue weighted by Gasteiger charge is 2.26. The zero-order valence-corrected chi connectivity index (χ0v) is 9.83. The summed E-state index contributed by atoms with van der Waals surface area (Å²) in [5, 5.41) is 16.5. The van der Waals surface area contributed by atoms with Gasteiger partial charge >= 0.3 is 0 Å². The average Bonchev–Trinajstić information content (AvgIpc) is 2.97. The summed E-state index contributed by atoms with van der Waals surface area (Å²) in [6.45, 7) is 0.633. The molecule has 1 N–H and O–H groups in total. The number of rotatable bonds is 5. The van der Waals surface area contributed by atoms with Crippen molar-refractivity contribution in [2.75, 3.05) is 13.2 Å². The molecule has 1 aromatic rings. The van der Waals surface area contributed by atoms with Gasteiger partial charge in [0.05, 0.1) is 12.8 Å². The van der Waals surface area contributed by atoms with Crippen LogP contribution in [0, 0.1) is 0 Å². The van der Waals surface area contributed by atoms with Crippen LogP contribution in [0.5, 0.6) is 0 Å². The third-order valence-corrected chi connectivity index (χ3v) is 3.20. The van der Waals surface area contributed by atoms with E-state index in [2.05, 4.69) is 10.3 Å². The number of hydrogen-bond acceptors (Lipinski definition) is 4. The minimum absolute atomic E-state index is 0.0106. The normalized spacial score (nSPS) is 16.3. The van der Waals surface area contributed by atoms with E-state index in [9.17, 15) is 4.79 Å². The SMILES string of the molecule is O=C(Cn1ccnn1)N(CCO)C1CCCC1. The van der Waals surface area contributed by atoms with Crippen molar-refractivity contribution < 1.29 is 9.90 Å². The highest BCUT2D eigenvalue weighted by molar-refractivity contribution is 5.76. The molecular formula is C11H18N4O2. The summed E-state index contributed by atoms with van der Waals surface area (Å²) < 4.78 is 1.52. The second-order valence-electron chi connectivity index (χ2n) is 4.35. The summed E-state index contributed by atoms with van der Waals surface area (Å²) in [6.07, 6.45) is 7.65. The van der Waals surface area contributed by atoms with Gasteiger partial charge in [-0.15, -0.1) is 5.10 Å².